The van der Waals surface area contributed by atoms with Crippen molar-refractivity contribution in [1.82, 2.24) is 4.57 Å². The van der Waals surface area contributed by atoms with E-state index in [1.54, 1.807) is 12.1 Å². The van der Waals surface area contributed by atoms with E-state index in [4.69, 9.17) is 0 Å². The van der Waals surface area contributed by atoms with E-state index in [1.165, 1.54) is 16.6 Å². The molecule has 0 aliphatic rings. The normalized spacial score (nSPS) is 10.8. The molecule has 3 aromatic rings. The molecular weight excluding hydrogens is 252 g/mol. The van der Waals surface area contributed by atoms with E-state index in [0.29, 0.717) is 0 Å². The Morgan fingerprint density at radius 3 is 2.45 bits per heavy atom. The van der Waals surface area contributed by atoms with Gasteiger partial charge in [0.15, 0.2) is 0 Å². The minimum absolute atomic E-state index is 0.130. The van der Waals surface area contributed by atoms with Crippen molar-refractivity contribution in [1.29, 1.82) is 0 Å². The third-order valence-electron chi connectivity index (χ3n) is 3.58. The summed E-state index contributed by atoms with van der Waals surface area (Å²) in [5, 5.41) is 11.9. The van der Waals surface area contributed by atoms with E-state index in [2.05, 4.69) is 22.8 Å². The van der Waals surface area contributed by atoms with E-state index in [9.17, 15) is 10.1 Å². The molecule has 1 aromatic heterocycles. The number of nitro groups is 1. The lowest BCUT2D eigenvalue weighted by Crippen LogP contribution is -1.97. The van der Waals surface area contributed by atoms with Gasteiger partial charge in [-0.15, -0.1) is 0 Å². The smallest absolute Gasteiger partial charge is 0.269 e. The lowest BCUT2D eigenvalue weighted by molar-refractivity contribution is -0.384. The van der Waals surface area contributed by atoms with Crippen LogP contribution in [0.4, 0.5) is 5.69 Å². The topological polar surface area (TPSA) is 48.1 Å². The molecule has 2 aromatic carbocycles. The molecule has 0 bridgehead atoms. The molecule has 0 saturated carbocycles. The van der Waals surface area contributed by atoms with Crippen molar-refractivity contribution in [2.45, 2.75) is 6.42 Å². The second-order valence-electron chi connectivity index (χ2n) is 4.85. The van der Waals surface area contributed by atoms with Gasteiger partial charge in [0.05, 0.1) is 4.92 Å². The Bertz CT molecular complexity index is 773. The second kappa shape index (κ2) is 4.81. The van der Waals surface area contributed by atoms with Crippen LogP contribution in [0.3, 0.4) is 0 Å². The molecule has 0 saturated heterocycles. The van der Waals surface area contributed by atoms with Gasteiger partial charge < -0.3 is 4.57 Å². The predicted octanol–water partition coefficient (Wildman–Crippen LogP) is 3.68. The van der Waals surface area contributed by atoms with Crippen molar-refractivity contribution in [3.8, 4) is 0 Å². The highest BCUT2D eigenvalue weighted by molar-refractivity contribution is 5.81. The predicted molar refractivity (Wildman–Crippen MR) is 78.8 cm³/mol. The number of benzene rings is 2. The Hall–Kier alpha value is -2.62. The maximum atomic E-state index is 10.6. The highest BCUT2D eigenvalue weighted by Gasteiger charge is 2.08. The molecule has 4 heteroatoms. The number of aryl methyl sites for hydroxylation is 1. The number of hydrogen-bond donors (Lipinski definition) is 0. The molecule has 3 rings (SSSR count). The van der Waals surface area contributed by atoms with Gasteiger partial charge in [-0.3, -0.25) is 10.1 Å². The largest absolute Gasteiger partial charge is 0.347 e. The highest BCUT2D eigenvalue weighted by atomic mass is 16.6. The number of rotatable bonds is 3. The van der Waals surface area contributed by atoms with Gasteiger partial charge in [0.25, 0.3) is 5.69 Å². The molecule has 0 amide bonds. The van der Waals surface area contributed by atoms with Crippen LogP contribution in [-0.2, 0) is 13.5 Å². The van der Waals surface area contributed by atoms with Crippen LogP contribution < -0.4 is 0 Å². The van der Waals surface area contributed by atoms with Gasteiger partial charge in [0.2, 0.25) is 0 Å². The standard InChI is InChI=1S/C16H14N2O2/c1-17-15(11-13-4-2-3-5-16(13)17)10-12-6-8-14(9-7-12)18(19)20/h2-9,11H,10H2,1H3. The summed E-state index contributed by atoms with van der Waals surface area (Å²) in [5.74, 6) is 0. The molecule has 4 nitrogen and oxygen atoms in total. The molecule has 0 spiro atoms. The fraction of sp³-hybridized carbons (Fsp3) is 0.125. The van der Waals surface area contributed by atoms with Crippen molar-refractivity contribution < 1.29 is 4.92 Å². The average Bonchev–Trinajstić information content (AvgIpc) is 2.77. The van der Waals surface area contributed by atoms with Crippen LogP contribution in [0.1, 0.15) is 11.3 Å². The Morgan fingerprint density at radius 1 is 1.10 bits per heavy atom. The fourth-order valence-corrected chi connectivity index (χ4v) is 2.46. The lowest BCUT2D eigenvalue weighted by Gasteiger charge is -2.04. The minimum atomic E-state index is -0.374. The SMILES string of the molecule is Cn1c(Cc2ccc([N+](=O)[O-])cc2)cc2ccccc21. The number of hydrogen-bond acceptors (Lipinski definition) is 2. The van der Waals surface area contributed by atoms with Gasteiger partial charge in [-0.1, -0.05) is 30.3 Å². The van der Waals surface area contributed by atoms with E-state index in [1.807, 2.05) is 31.3 Å². The van der Waals surface area contributed by atoms with E-state index >= 15 is 0 Å². The van der Waals surface area contributed by atoms with Crippen LogP contribution in [0.5, 0.6) is 0 Å². The molecule has 0 unspecified atom stereocenters. The Labute approximate surface area is 116 Å². The Morgan fingerprint density at radius 2 is 1.80 bits per heavy atom. The zero-order chi connectivity index (χ0) is 14.1. The van der Waals surface area contributed by atoms with Crippen molar-refractivity contribution in [2.75, 3.05) is 0 Å². The number of fused-ring (bicyclic) bond motifs is 1. The first-order valence-electron chi connectivity index (χ1n) is 6.42. The summed E-state index contributed by atoms with van der Waals surface area (Å²) in [6.45, 7) is 0. The van der Waals surface area contributed by atoms with Crippen LogP contribution in [0, 0.1) is 10.1 Å². The molecule has 0 aliphatic heterocycles. The third-order valence-corrected chi connectivity index (χ3v) is 3.58. The summed E-state index contributed by atoms with van der Waals surface area (Å²) in [4.78, 5) is 10.3. The van der Waals surface area contributed by atoms with Crippen LogP contribution in [-0.4, -0.2) is 9.49 Å². The Kier molecular flexibility index (Phi) is 2.99. The zero-order valence-electron chi connectivity index (χ0n) is 11.1. The molecule has 0 radical (unpaired) electrons. The highest BCUT2D eigenvalue weighted by Crippen LogP contribution is 2.21. The quantitative estimate of drug-likeness (QED) is 0.536. The summed E-state index contributed by atoms with van der Waals surface area (Å²) >= 11 is 0. The number of non-ortho nitro benzene ring substituents is 1. The fourth-order valence-electron chi connectivity index (χ4n) is 2.46. The van der Waals surface area contributed by atoms with Crippen molar-refractivity contribution in [3.63, 3.8) is 0 Å². The molecule has 0 aliphatic carbocycles. The summed E-state index contributed by atoms with van der Waals surface area (Å²) in [7, 11) is 2.04. The van der Waals surface area contributed by atoms with Crippen molar-refractivity contribution in [3.05, 3.63) is 76.0 Å². The summed E-state index contributed by atoms with van der Waals surface area (Å²) < 4.78 is 2.16. The number of aromatic nitrogens is 1. The molecule has 1 heterocycles. The van der Waals surface area contributed by atoms with Gasteiger partial charge >= 0.3 is 0 Å². The monoisotopic (exact) mass is 266 g/mol. The first-order valence-corrected chi connectivity index (χ1v) is 6.42. The number of para-hydroxylation sites is 1. The van der Waals surface area contributed by atoms with Gasteiger partial charge in [0.1, 0.15) is 0 Å². The number of nitro benzene ring substituents is 1. The maximum absolute atomic E-state index is 10.6. The van der Waals surface area contributed by atoms with Crippen molar-refractivity contribution >= 4 is 16.6 Å². The number of nitrogens with zero attached hydrogens (tertiary/aromatic N) is 2. The van der Waals surface area contributed by atoms with Gasteiger partial charge in [0, 0.05) is 36.8 Å². The molecule has 20 heavy (non-hydrogen) atoms. The molecule has 0 atom stereocenters. The van der Waals surface area contributed by atoms with Crippen LogP contribution in [0.25, 0.3) is 10.9 Å². The van der Waals surface area contributed by atoms with E-state index in [-0.39, 0.29) is 10.6 Å². The first-order chi connectivity index (χ1) is 9.65. The van der Waals surface area contributed by atoms with Crippen molar-refractivity contribution in [2.24, 2.45) is 7.05 Å². The van der Waals surface area contributed by atoms with Gasteiger partial charge in [-0.2, -0.15) is 0 Å². The summed E-state index contributed by atoms with van der Waals surface area (Å²) in [5.41, 5.74) is 3.59. The minimum Gasteiger partial charge on any atom is -0.347 e. The zero-order valence-corrected chi connectivity index (χ0v) is 11.1. The van der Waals surface area contributed by atoms with E-state index < -0.39 is 0 Å². The van der Waals surface area contributed by atoms with E-state index in [0.717, 1.165) is 12.0 Å². The molecule has 100 valence electrons. The van der Waals surface area contributed by atoms with Gasteiger partial charge in [-0.25, -0.2) is 0 Å². The molecule has 0 N–H and O–H groups in total. The van der Waals surface area contributed by atoms with Crippen LogP contribution >= 0.6 is 0 Å². The Balaban J connectivity index is 1.92. The van der Waals surface area contributed by atoms with Gasteiger partial charge in [-0.05, 0) is 23.1 Å². The van der Waals surface area contributed by atoms with Crippen LogP contribution in [0.2, 0.25) is 0 Å². The molecule has 0 fully saturated rings. The second-order valence-corrected chi connectivity index (χ2v) is 4.85. The average molecular weight is 266 g/mol. The van der Waals surface area contributed by atoms with Crippen LogP contribution in [0.15, 0.2) is 54.6 Å². The first kappa shape index (κ1) is 12.4. The molecular formula is C16H14N2O2. The third kappa shape index (κ3) is 2.16. The lowest BCUT2D eigenvalue weighted by atomic mass is 10.1. The maximum Gasteiger partial charge on any atom is 0.269 e. The summed E-state index contributed by atoms with van der Waals surface area (Å²) in [6.07, 6.45) is 0.767. The summed E-state index contributed by atoms with van der Waals surface area (Å²) in [6, 6.07) is 17.1.